The van der Waals surface area contributed by atoms with Gasteiger partial charge in [0.05, 0.1) is 12.0 Å². The number of carboxylic acids is 1. The summed E-state index contributed by atoms with van der Waals surface area (Å²) >= 11 is 0. The minimum atomic E-state index is -1.35. The van der Waals surface area contributed by atoms with Crippen LogP contribution in [0.5, 0.6) is 0 Å². The highest BCUT2D eigenvalue weighted by molar-refractivity contribution is 5.70. The van der Waals surface area contributed by atoms with Gasteiger partial charge in [-0.1, -0.05) is 0 Å². The first-order valence-corrected chi connectivity index (χ1v) is 3.16. The fourth-order valence-corrected chi connectivity index (χ4v) is 1.17. The summed E-state index contributed by atoms with van der Waals surface area (Å²) in [6.45, 7) is 0. The maximum absolute atomic E-state index is 12.4. The maximum Gasteiger partial charge on any atom is 0.306 e. The third kappa shape index (κ3) is 1.26. The van der Waals surface area contributed by atoms with Crippen LogP contribution in [0.3, 0.4) is 0 Å². The lowest BCUT2D eigenvalue weighted by atomic mass is 10.1. The molecule has 0 aromatic heterocycles. The monoisotopic (exact) mass is 148 g/mol. The molecule has 0 saturated heterocycles. The zero-order chi connectivity index (χ0) is 7.72. The van der Waals surface area contributed by atoms with E-state index in [-0.39, 0.29) is 12.8 Å². The predicted octanol–water partition coefficient (Wildman–Crippen LogP) is 0.180. The van der Waals surface area contributed by atoms with E-state index in [9.17, 15) is 9.18 Å². The Hall–Kier alpha value is -0.640. The number of carbonyl (C=O) groups is 1. The average molecular weight is 148 g/mol. The molecule has 0 radical (unpaired) electrons. The summed E-state index contributed by atoms with van der Waals surface area (Å²) in [7, 11) is 0. The van der Waals surface area contributed by atoms with Crippen molar-refractivity contribution in [1.82, 2.24) is 0 Å². The van der Waals surface area contributed by atoms with Crippen LogP contribution in [0.1, 0.15) is 12.8 Å². The van der Waals surface area contributed by atoms with E-state index in [0.29, 0.717) is 0 Å². The van der Waals surface area contributed by atoms with Gasteiger partial charge in [-0.25, -0.2) is 4.39 Å². The summed E-state index contributed by atoms with van der Waals surface area (Å²) in [4.78, 5) is 10.2. The smallest absolute Gasteiger partial charge is 0.306 e. The lowest BCUT2D eigenvalue weighted by Crippen LogP contribution is -2.12. The molecule has 0 heterocycles. The third-order valence-corrected chi connectivity index (χ3v) is 1.80. The number of alkyl halides is 1. The number of aliphatic hydroxyl groups is 1. The maximum atomic E-state index is 12.4. The molecule has 10 heavy (non-hydrogen) atoms. The van der Waals surface area contributed by atoms with E-state index in [1.54, 1.807) is 0 Å². The highest BCUT2D eigenvalue weighted by atomic mass is 19.1. The quantitative estimate of drug-likeness (QED) is 0.557. The van der Waals surface area contributed by atoms with E-state index in [1.165, 1.54) is 0 Å². The Kier molecular flexibility index (Phi) is 1.89. The van der Waals surface area contributed by atoms with Crippen molar-refractivity contribution < 1.29 is 19.4 Å². The molecule has 1 aliphatic rings. The van der Waals surface area contributed by atoms with Gasteiger partial charge in [0, 0.05) is 0 Å². The fourth-order valence-electron chi connectivity index (χ4n) is 1.17. The van der Waals surface area contributed by atoms with Crippen LogP contribution in [-0.4, -0.2) is 28.5 Å². The van der Waals surface area contributed by atoms with Crippen molar-refractivity contribution in [2.45, 2.75) is 25.1 Å². The number of aliphatic carboxylic acids is 1. The molecule has 4 heteroatoms. The molecule has 0 aromatic rings. The molecule has 2 N–H and O–H groups in total. The van der Waals surface area contributed by atoms with E-state index in [2.05, 4.69) is 0 Å². The number of hydrogen-bond donors (Lipinski definition) is 2. The molecule has 1 saturated carbocycles. The normalized spacial score (nSPS) is 40.0. The van der Waals surface area contributed by atoms with Crippen molar-refractivity contribution in [3.63, 3.8) is 0 Å². The average Bonchev–Trinajstić information content (AvgIpc) is 2.13. The topological polar surface area (TPSA) is 57.5 Å². The third-order valence-electron chi connectivity index (χ3n) is 1.80. The molecule has 0 aliphatic heterocycles. The highest BCUT2D eigenvalue weighted by Crippen LogP contribution is 2.28. The van der Waals surface area contributed by atoms with Crippen molar-refractivity contribution in [2.24, 2.45) is 5.92 Å². The zero-order valence-corrected chi connectivity index (χ0v) is 5.33. The molecule has 1 fully saturated rings. The molecule has 0 unspecified atom stereocenters. The van der Waals surface area contributed by atoms with Crippen molar-refractivity contribution in [3.8, 4) is 0 Å². The van der Waals surface area contributed by atoms with Gasteiger partial charge in [0.1, 0.15) is 6.17 Å². The minimum Gasteiger partial charge on any atom is -0.481 e. The standard InChI is InChI=1S/C6H9FO3/c7-4-1-3(6(9)10)2-5(4)8/h3-5,8H,1-2H2,(H,9,10)/t3-,4+,5-/m0/s1. The molecule has 1 rings (SSSR count). The molecule has 1 aliphatic carbocycles. The minimum absolute atomic E-state index is 0.0451. The Morgan fingerprint density at radius 1 is 1.50 bits per heavy atom. The first kappa shape index (κ1) is 7.47. The number of hydrogen-bond acceptors (Lipinski definition) is 2. The molecular formula is C6H9FO3. The SMILES string of the molecule is O=C(O)[C@H]1C[C@@H](F)[C@@H](O)C1. The van der Waals surface area contributed by atoms with Crippen LogP contribution in [0.15, 0.2) is 0 Å². The van der Waals surface area contributed by atoms with Gasteiger partial charge in [-0.2, -0.15) is 0 Å². The Balaban J connectivity index is 2.49. The Labute approximate surface area is 57.5 Å². The van der Waals surface area contributed by atoms with E-state index >= 15 is 0 Å². The van der Waals surface area contributed by atoms with Crippen LogP contribution in [0.4, 0.5) is 4.39 Å². The zero-order valence-electron chi connectivity index (χ0n) is 5.33. The van der Waals surface area contributed by atoms with Crippen LogP contribution in [-0.2, 0) is 4.79 Å². The summed E-state index contributed by atoms with van der Waals surface area (Å²) in [6, 6.07) is 0. The first-order chi connectivity index (χ1) is 4.61. The van der Waals surface area contributed by atoms with Gasteiger partial charge in [-0.15, -0.1) is 0 Å². The van der Waals surface area contributed by atoms with E-state index < -0.39 is 24.2 Å². The van der Waals surface area contributed by atoms with Gasteiger partial charge in [-0.05, 0) is 12.8 Å². The largest absolute Gasteiger partial charge is 0.481 e. The number of rotatable bonds is 1. The summed E-state index contributed by atoms with van der Waals surface area (Å²) in [5, 5.41) is 17.1. The summed E-state index contributed by atoms with van der Waals surface area (Å²) < 4.78 is 12.4. The van der Waals surface area contributed by atoms with Gasteiger partial charge in [0.25, 0.3) is 0 Å². The molecule has 0 bridgehead atoms. The van der Waals surface area contributed by atoms with Crippen LogP contribution in [0.25, 0.3) is 0 Å². The number of aliphatic hydroxyl groups excluding tert-OH is 1. The molecule has 3 atom stereocenters. The Morgan fingerprint density at radius 3 is 2.30 bits per heavy atom. The van der Waals surface area contributed by atoms with E-state index in [1.807, 2.05) is 0 Å². The van der Waals surface area contributed by atoms with Gasteiger partial charge >= 0.3 is 5.97 Å². The van der Waals surface area contributed by atoms with Crippen molar-refractivity contribution in [1.29, 1.82) is 0 Å². The van der Waals surface area contributed by atoms with Crippen LogP contribution in [0.2, 0.25) is 0 Å². The second-order valence-electron chi connectivity index (χ2n) is 2.59. The van der Waals surface area contributed by atoms with Crippen LogP contribution < -0.4 is 0 Å². The molecule has 58 valence electrons. The summed E-state index contributed by atoms with van der Waals surface area (Å²) in [5.41, 5.74) is 0. The molecular weight excluding hydrogens is 139 g/mol. The van der Waals surface area contributed by atoms with Crippen LogP contribution in [0, 0.1) is 5.92 Å². The van der Waals surface area contributed by atoms with Crippen molar-refractivity contribution in [2.75, 3.05) is 0 Å². The van der Waals surface area contributed by atoms with Gasteiger partial charge in [0.2, 0.25) is 0 Å². The lowest BCUT2D eigenvalue weighted by Gasteiger charge is -2.00. The van der Waals surface area contributed by atoms with Gasteiger partial charge < -0.3 is 10.2 Å². The van der Waals surface area contributed by atoms with Crippen molar-refractivity contribution >= 4 is 5.97 Å². The Bertz CT molecular complexity index is 138. The summed E-state index contributed by atoms with van der Waals surface area (Å²) in [5.74, 6) is -1.70. The van der Waals surface area contributed by atoms with Crippen LogP contribution >= 0.6 is 0 Å². The van der Waals surface area contributed by atoms with E-state index in [4.69, 9.17) is 10.2 Å². The lowest BCUT2D eigenvalue weighted by molar-refractivity contribution is -0.141. The summed E-state index contributed by atoms with van der Waals surface area (Å²) in [6.07, 6.45) is -2.41. The number of carboxylic acid groups (broad SMARTS) is 1. The molecule has 0 spiro atoms. The first-order valence-electron chi connectivity index (χ1n) is 3.16. The fraction of sp³-hybridized carbons (Fsp3) is 0.833. The van der Waals surface area contributed by atoms with Gasteiger partial charge in [0.15, 0.2) is 0 Å². The van der Waals surface area contributed by atoms with Gasteiger partial charge in [-0.3, -0.25) is 4.79 Å². The second kappa shape index (κ2) is 2.54. The van der Waals surface area contributed by atoms with Crippen molar-refractivity contribution in [3.05, 3.63) is 0 Å². The Morgan fingerprint density at radius 2 is 2.10 bits per heavy atom. The molecule has 0 amide bonds. The predicted molar refractivity (Wildman–Crippen MR) is 31.3 cm³/mol. The number of halogens is 1. The van der Waals surface area contributed by atoms with E-state index in [0.717, 1.165) is 0 Å². The highest BCUT2D eigenvalue weighted by Gasteiger charge is 2.36. The molecule has 3 nitrogen and oxygen atoms in total. The second-order valence-corrected chi connectivity index (χ2v) is 2.59. The molecule has 0 aromatic carbocycles.